The Hall–Kier alpha value is -1.88. The highest BCUT2D eigenvalue weighted by atomic mass is 32.1. The predicted octanol–water partition coefficient (Wildman–Crippen LogP) is 2.35. The molecule has 1 heterocycles. The number of para-hydroxylation sites is 1. The standard InChI is InChI=1S/C12H13N3OS/c1-8-4-2-3-5-10(8)13-6-9-7-14-12(17)15-11(9)16/h2-5,7,13H,6H2,1H3,(H2,14,15,16,17). The first-order valence-electron chi connectivity index (χ1n) is 5.27. The zero-order valence-electron chi connectivity index (χ0n) is 9.41. The summed E-state index contributed by atoms with van der Waals surface area (Å²) in [6.45, 7) is 2.48. The SMILES string of the molecule is Cc1ccccc1NCc1c[nH]c(=S)[nH]c1=O. The second-order valence-corrected chi connectivity index (χ2v) is 4.17. The molecule has 0 amide bonds. The Labute approximate surface area is 104 Å². The monoisotopic (exact) mass is 247 g/mol. The van der Waals surface area contributed by atoms with Crippen LogP contribution in [0.2, 0.25) is 0 Å². The van der Waals surface area contributed by atoms with Gasteiger partial charge in [-0.1, -0.05) is 18.2 Å². The molecule has 1 aromatic heterocycles. The lowest BCUT2D eigenvalue weighted by molar-refractivity contribution is 0.993. The topological polar surface area (TPSA) is 60.7 Å². The van der Waals surface area contributed by atoms with E-state index in [4.69, 9.17) is 12.2 Å². The summed E-state index contributed by atoms with van der Waals surface area (Å²) in [6.07, 6.45) is 1.63. The molecule has 88 valence electrons. The number of aromatic amines is 2. The van der Waals surface area contributed by atoms with E-state index in [0.717, 1.165) is 11.3 Å². The molecule has 0 saturated carbocycles. The lowest BCUT2D eigenvalue weighted by atomic mass is 10.2. The maximum atomic E-state index is 11.6. The largest absolute Gasteiger partial charge is 0.380 e. The number of anilines is 1. The van der Waals surface area contributed by atoms with E-state index in [1.807, 2.05) is 31.2 Å². The number of benzene rings is 1. The van der Waals surface area contributed by atoms with Crippen LogP contribution in [0, 0.1) is 11.7 Å². The Morgan fingerprint density at radius 2 is 2.12 bits per heavy atom. The highest BCUT2D eigenvalue weighted by Gasteiger charge is 2.00. The third kappa shape index (κ3) is 2.82. The van der Waals surface area contributed by atoms with Gasteiger partial charge in [0.05, 0.1) is 5.56 Å². The van der Waals surface area contributed by atoms with Crippen LogP contribution in [-0.2, 0) is 6.54 Å². The molecule has 4 nitrogen and oxygen atoms in total. The average molecular weight is 247 g/mol. The summed E-state index contributed by atoms with van der Waals surface area (Å²) < 4.78 is 0.342. The van der Waals surface area contributed by atoms with E-state index in [0.29, 0.717) is 16.9 Å². The molecule has 0 bridgehead atoms. The third-order valence-corrected chi connectivity index (χ3v) is 2.73. The summed E-state index contributed by atoms with van der Waals surface area (Å²) in [5.41, 5.74) is 2.64. The van der Waals surface area contributed by atoms with Crippen LogP contribution < -0.4 is 10.9 Å². The third-order valence-electron chi connectivity index (χ3n) is 2.51. The van der Waals surface area contributed by atoms with Crippen molar-refractivity contribution in [2.24, 2.45) is 0 Å². The van der Waals surface area contributed by atoms with Gasteiger partial charge in [0.2, 0.25) is 0 Å². The van der Waals surface area contributed by atoms with E-state index in [9.17, 15) is 4.79 Å². The van der Waals surface area contributed by atoms with Crippen LogP contribution >= 0.6 is 12.2 Å². The molecule has 0 aliphatic rings. The molecule has 0 saturated heterocycles. The second-order valence-electron chi connectivity index (χ2n) is 3.77. The zero-order valence-corrected chi connectivity index (χ0v) is 10.2. The van der Waals surface area contributed by atoms with Crippen molar-refractivity contribution in [3.8, 4) is 0 Å². The minimum atomic E-state index is -0.158. The van der Waals surface area contributed by atoms with Crippen molar-refractivity contribution in [2.75, 3.05) is 5.32 Å². The van der Waals surface area contributed by atoms with Crippen molar-refractivity contribution in [3.05, 3.63) is 56.7 Å². The van der Waals surface area contributed by atoms with Gasteiger partial charge in [-0.3, -0.25) is 9.78 Å². The molecule has 0 fully saturated rings. The number of aryl methyl sites for hydroxylation is 1. The van der Waals surface area contributed by atoms with E-state index in [1.165, 1.54) is 0 Å². The fraction of sp³-hybridized carbons (Fsp3) is 0.167. The zero-order chi connectivity index (χ0) is 12.3. The van der Waals surface area contributed by atoms with Gasteiger partial charge in [-0.25, -0.2) is 0 Å². The summed E-state index contributed by atoms with van der Waals surface area (Å²) in [5, 5.41) is 3.22. The van der Waals surface area contributed by atoms with Crippen LogP contribution in [0.15, 0.2) is 35.3 Å². The van der Waals surface area contributed by atoms with E-state index in [1.54, 1.807) is 6.20 Å². The second kappa shape index (κ2) is 4.97. The molecule has 0 atom stereocenters. The molecular weight excluding hydrogens is 234 g/mol. The van der Waals surface area contributed by atoms with Crippen molar-refractivity contribution >= 4 is 17.9 Å². The van der Waals surface area contributed by atoms with Crippen LogP contribution in [0.25, 0.3) is 0 Å². The maximum absolute atomic E-state index is 11.6. The van der Waals surface area contributed by atoms with Crippen LogP contribution in [0.4, 0.5) is 5.69 Å². The molecule has 5 heteroatoms. The van der Waals surface area contributed by atoms with Crippen LogP contribution in [0.1, 0.15) is 11.1 Å². The van der Waals surface area contributed by atoms with Gasteiger partial charge in [0.25, 0.3) is 5.56 Å². The van der Waals surface area contributed by atoms with Gasteiger partial charge in [0.1, 0.15) is 0 Å². The van der Waals surface area contributed by atoms with E-state index in [-0.39, 0.29) is 5.56 Å². The van der Waals surface area contributed by atoms with Crippen molar-refractivity contribution in [3.63, 3.8) is 0 Å². The molecule has 0 spiro atoms. The minimum absolute atomic E-state index is 0.158. The Morgan fingerprint density at radius 1 is 1.35 bits per heavy atom. The van der Waals surface area contributed by atoms with Crippen molar-refractivity contribution in [1.82, 2.24) is 9.97 Å². The summed E-state index contributed by atoms with van der Waals surface area (Å²) in [6, 6.07) is 7.94. The van der Waals surface area contributed by atoms with Crippen LogP contribution in [0.3, 0.4) is 0 Å². The van der Waals surface area contributed by atoms with Gasteiger partial charge in [0.15, 0.2) is 4.77 Å². The fourth-order valence-corrected chi connectivity index (χ4v) is 1.68. The van der Waals surface area contributed by atoms with Gasteiger partial charge < -0.3 is 10.3 Å². The summed E-state index contributed by atoms with van der Waals surface area (Å²) in [5.74, 6) is 0. The molecule has 0 aliphatic carbocycles. The van der Waals surface area contributed by atoms with Crippen molar-refractivity contribution < 1.29 is 0 Å². The Kier molecular flexibility index (Phi) is 3.39. The number of H-pyrrole nitrogens is 2. The average Bonchev–Trinajstić information content (AvgIpc) is 2.30. The quantitative estimate of drug-likeness (QED) is 0.730. The lowest BCUT2D eigenvalue weighted by Crippen LogP contribution is -2.16. The van der Waals surface area contributed by atoms with Gasteiger partial charge >= 0.3 is 0 Å². The first kappa shape index (κ1) is 11.6. The molecule has 17 heavy (non-hydrogen) atoms. The molecule has 1 aromatic carbocycles. The molecule has 0 unspecified atom stereocenters. The van der Waals surface area contributed by atoms with Crippen LogP contribution in [0.5, 0.6) is 0 Å². The number of hydrogen-bond donors (Lipinski definition) is 3. The fourth-order valence-electron chi connectivity index (χ4n) is 1.53. The van der Waals surface area contributed by atoms with Gasteiger partial charge in [-0.05, 0) is 30.8 Å². The van der Waals surface area contributed by atoms with Crippen molar-refractivity contribution in [2.45, 2.75) is 13.5 Å². The first-order chi connectivity index (χ1) is 8.16. The highest BCUT2D eigenvalue weighted by molar-refractivity contribution is 7.71. The van der Waals surface area contributed by atoms with Gasteiger partial charge in [-0.15, -0.1) is 0 Å². The number of rotatable bonds is 3. The number of aromatic nitrogens is 2. The Morgan fingerprint density at radius 3 is 2.82 bits per heavy atom. The smallest absolute Gasteiger partial charge is 0.256 e. The first-order valence-corrected chi connectivity index (χ1v) is 5.68. The maximum Gasteiger partial charge on any atom is 0.256 e. The number of nitrogens with one attached hydrogen (secondary N) is 3. The molecule has 0 radical (unpaired) electrons. The van der Waals surface area contributed by atoms with E-state index < -0.39 is 0 Å². The van der Waals surface area contributed by atoms with Crippen LogP contribution in [-0.4, -0.2) is 9.97 Å². The van der Waals surface area contributed by atoms with Gasteiger partial charge in [-0.2, -0.15) is 0 Å². The molecule has 3 N–H and O–H groups in total. The number of hydrogen-bond acceptors (Lipinski definition) is 3. The molecule has 0 aliphatic heterocycles. The Balaban J connectivity index is 2.16. The van der Waals surface area contributed by atoms with Gasteiger partial charge in [0, 0.05) is 18.4 Å². The molecular formula is C12H13N3OS. The van der Waals surface area contributed by atoms with E-state index in [2.05, 4.69) is 15.3 Å². The molecule has 2 aromatic rings. The summed E-state index contributed by atoms with van der Waals surface area (Å²) in [7, 11) is 0. The minimum Gasteiger partial charge on any atom is -0.380 e. The summed E-state index contributed by atoms with van der Waals surface area (Å²) >= 11 is 4.83. The lowest BCUT2D eigenvalue weighted by Gasteiger charge is -2.08. The predicted molar refractivity (Wildman–Crippen MR) is 70.8 cm³/mol. The summed E-state index contributed by atoms with van der Waals surface area (Å²) in [4.78, 5) is 16.9. The normalized spacial score (nSPS) is 10.2. The Bertz CT molecular complexity index is 630. The van der Waals surface area contributed by atoms with E-state index >= 15 is 0 Å². The van der Waals surface area contributed by atoms with Crippen molar-refractivity contribution in [1.29, 1.82) is 0 Å². The molecule has 2 rings (SSSR count). The highest BCUT2D eigenvalue weighted by Crippen LogP contribution is 2.13.